The van der Waals surface area contributed by atoms with Crippen LogP contribution in [0.5, 0.6) is 0 Å². The van der Waals surface area contributed by atoms with Crippen molar-refractivity contribution in [2.75, 3.05) is 0 Å². The Morgan fingerprint density at radius 3 is 2.70 bits per heavy atom. The fraction of sp³-hybridized carbons (Fsp3) is 0.273. The number of sulfonamides is 1. The van der Waals surface area contributed by atoms with Crippen LogP contribution in [0.2, 0.25) is 0 Å². The zero-order valence-corrected chi connectivity index (χ0v) is 12.6. The Balaban J connectivity index is 2.04. The third-order valence-corrected chi connectivity index (χ3v) is 5.34. The van der Waals surface area contributed by atoms with Crippen LogP contribution in [0.3, 0.4) is 0 Å². The Kier molecular flexibility index (Phi) is 3.93. The minimum absolute atomic E-state index is 0.0827. The fourth-order valence-corrected chi connectivity index (χ4v) is 3.31. The number of nitrogens with two attached hydrogens (primary N) is 1. The van der Waals surface area contributed by atoms with Crippen molar-refractivity contribution < 1.29 is 13.2 Å². The number of carbonyl (C=O) groups is 1. The smallest absolute Gasteiger partial charge is 0.255 e. The van der Waals surface area contributed by atoms with Crippen LogP contribution in [0.1, 0.15) is 20.9 Å². The molecule has 0 atom stereocenters. The summed E-state index contributed by atoms with van der Waals surface area (Å²) in [4.78, 5) is 12.7. The van der Waals surface area contributed by atoms with Gasteiger partial charge in [-0.25, -0.2) is 13.6 Å². The van der Waals surface area contributed by atoms with E-state index < -0.39 is 10.0 Å². The lowest BCUT2D eigenvalue weighted by molar-refractivity contribution is 0.0950. The number of amides is 1. The molecule has 0 saturated carbocycles. The van der Waals surface area contributed by atoms with Crippen LogP contribution >= 0.6 is 11.3 Å². The number of hydrogen-bond donors (Lipinski definition) is 2. The number of rotatable bonds is 4. The summed E-state index contributed by atoms with van der Waals surface area (Å²) in [7, 11) is -1.93. The van der Waals surface area contributed by atoms with Crippen LogP contribution in [0.25, 0.3) is 0 Å². The van der Waals surface area contributed by atoms with Crippen molar-refractivity contribution in [3.63, 3.8) is 0 Å². The molecule has 9 heteroatoms. The van der Waals surface area contributed by atoms with Crippen molar-refractivity contribution in [3.8, 4) is 0 Å². The van der Waals surface area contributed by atoms with Crippen molar-refractivity contribution in [2.45, 2.75) is 17.7 Å². The van der Waals surface area contributed by atoms with Crippen molar-refractivity contribution in [1.82, 2.24) is 15.1 Å². The molecule has 2 aromatic heterocycles. The van der Waals surface area contributed by atoms with Gasteiger partial charge in [-0.1, -0.05) is 0 Å². The first-order valence-corrected chi connectivity index (χ1v) is 8.03. The van der Waals surface area contributed by atoms with E-state index in [9.17, 15) is 13.2 Å². The molecule has 3 N–H and O–H groups in total. The molecule has 7 nitrogen and oxygen atoms in total. The maximum Gasteiger partial charge on any atom is 0.255 e. The summed E-state index contributed by atoms with van der Waals surface area (Å²) in [5.74, 6) is -0.249. The van der Waals surface area contributed by atoms with Gasteiger partial charge in [-0.05, 0) is 19.1 Å². The van der Waals surface area contributed by atoms with E-state index in [2.05, 4.69) is 10.4 Å². The summed E-state index contributed by atoms with van der Waals surface area (Å²) >= 11 is 1.04. The van der Waals surface area contributed by atoms with Crippen molar-refractivity contribution >= 4 is 27.3 Å². The first kappa shape index (κ1) is 14.7. The average molecular weight is 314 g/mol. The molecule has 0 aliphatic rings. The lowest BCUT2D eigenvalue weighted by Crippen LogP contribution is -2.22. The Morgan fingerprint density at radius 1 is 1.50 bits per heavy atom. The van der Waals surface area contributed by atoms with Crippen LogP contribution in [0, 0.1) is 6.92 Å². The number of hydrogen-bond acceptors (Lipinski definition) is 5. The zero-order valence-electron chi connectivity index (χ0n) is 11.0. The second kappa shape index (κ2) is 5.35. The van der Waals surface area contributed by atoms with E-state index in [4.69, 9.17) is 5.14 Å². The molecule has 0 aliphatic carbocycles. The number of aryl methyl sites for hydroxylation is 1. The quantitative estimate of drug-likeness (QED) is 0.850. The molecule has 1 amide bonds. The number of thiophene rings is 1. The standard InChI is InChI=1S/C11H14N4O3S2/c1-7-9(6-14-15(7)2)11(16)13-5-8-3-4-10(19-8)20(12,17)18/h3-4,6H,5H2,1-2H3,(H,13,16)(H2,12,17,18). The van der Waals surface area contributed by atoms with Gasteiger partial charge in [0.15, 0.2) is 0 Å². The lowest BCUT2D eigenvalue weighted by atomic mass is 10.2. The number of primary sulfonamides is 1. The largest absolute Gasteiger partial charge is 0.347 e. The Morgan fingerprint density at radius 2 is 2.20 bits per heavy atom. The molecule has 108 valence electrons. The van der Waals surface area contributed by atoms with Gasteiger partial charge in [0.1, 0.15) is 4.21 Å². The van der Waals surface area contributed by atoms with Gasteiger partial charge < -0.3 is 5.32 Å². The minimum atomic E-state index is -3.68. The average Bonchev–Trinajstić information content (AvgIpc) is 2.95. The molecule has 0 saturated heterocycles. The molecule has 2 rings (SSSR count). The van der Waals surface area contributed by atoms with E-state index in [1.807, 2.05) is 0 Å². The molecule has 2 aromatic rings. The van der Waals surface area contributed by atoms with Gasteiger partial charge in [0.25, 0.3) is 5.91 Å². The first-order chi connectivity index (χ1) is 9.29. The van der Waals surface area contributed by atoms with Gasteiger partial charge in [-0.2, -0.15) is 5.10 Å². The third-order valence-electron chi connectivity index (χ3n) is 2.82. The number of aromatic nitrogens is 2. The predicted molar refractivity (Wildman–Crippen MR) is 74.8 cm³/mol. The monoisotopic (exact) mass is 314 g/mol. The summed E-state index contributed by atoms with van der Waals surface area (Å²) in [5.41, 5.74) is 1.26. The molecule has 0 fully saturated rings. The minimum Gasteiger partial charge on any atom is -0.347 e. The maximum absolute atomic E-state index is 12.0. The predicted octanol–water partition coefficient (Wildman–Crippen LogP) is 0.367. The van der Waals surface area contributed by atoms with Gasteiger partial charge in [-0.15, -0.1) is 11.3 Å². The molecule has 0 radical (unpaired) electrons. The molecule has 0 aliphatic heterocycles. The highest BCUT2D eigenvalue weighted by Gasteiger charge is 2.14. The molecule has 20 heavy (non-hydrogen) atoms. The summed E-state index contributed by atoms with van der Waals surface area (Å²) in [6.45, 7) is 2.04. The highest BCUT2D eigenvalue weighted by molar-refractivity contribution is 7.91. The first-order valence-electron chi connectivity index (χ1n) is 5.67. The molecule has 0 spiro atoms. The molecule has 0 unspecified atom stereocenters. The second-order valence-electron chi connectivity index (χ2n) is 4.22. The van der Waals surface area contributed by atoms with Crippen molar-refractivity contribution in [1.29, 1.82) is 0 Å². The number of nitrogens with one attached hydrogen (secondary N) is 1. The lowest BCUT2D eigenvalue weighted by Gasteiger charge is -2.03. The summed E-state index contributed by atoms with van der Waals surface area (Å²) in [6, 6.07) is 3.05. The Bertz CT molecular complexity index is 746. The molecule has 2 heterocycles. The highest BCUT2D eigenvalue weighted by Crippen LogP contribution is 2.20. The van der Waals surface area contributed by atoms with Crippen LogP contribution < -0.4 is 10.5 Å². The van der Waals surface area contributed by atoms with E-state index in [-0.39, 0.29) is 16.7 Å². The van der Waals surface area contributed by atoms with Crippen molar-refractivity contribution in [2.24, 2.45) is 12.2 Å². The van der Waals surface area contributed by atoms with E-state index in [1.54, 1.807) is 24.7 Å². The summed E-state index contributed by atoms with van der Waals surface area (Å²) < 4.78 is 24.0. The van der Waals surface area contributed by atoms with Gasteiger partial charge in [0.2, 0.25) is 10.0 Å². The number of nitrogens with zero attached hydrogens (tertiary/aromatic N) is 2. The van der Waals surface area contributed by atoms with E-state index in [0.717, 1.165) is 17.0 Å². The maximum atomic E-state index is 12.0. The van der Waals surface area contributed by atoms with Crippen LogP contribution in [-0.4, -0.2) is 24.1 Å². The van der Waals surface area contributed by atoms with Crippen LogP contribution in [-0.2, 0) is 23.6 Å². The van der Waals surface area contributed by atoms with Gasteiger partial charge in [0, 0.05) is 17.6 Å². The molecular weight excluding hydrogens is 300 g/mol. The molecule has 0 bridgehead atoms. The van der Waals surface area contributed by atoms with E-state index in [0.29, 0.717) is 10.4 Å². The Hall–Kier alpha value is -1.71. The normalized spacial score (nSPS) is 11.6. The van der Waals surface area contributed by atoms with Gasteiger partial charge >= 0.3 is 0 Å². The summed E-state index contributed by atoms with van der Waals surface area (Å²) in [6.07, 6.45) is 1.49. The van der Waals surface area contributed by atoms with Gasteiger partial charge in [-0.3, -0.25) is 9.48 Å². The Labute approximate surface area is 120 Å². The van der Waals surface area contributed by atoms with Crippen LogP contribution in [0.4, 0.5) is 0 Å². The van der Waals surface area contributed by atoms with E-state index >= 15 is 0 Å². The third kappa shape index (κ3) is 3.06. The zero-order chi connectivity index (χ0) is 14.9. The SMILES string of the molecule is Cc1c(C(=O)NCc2ccc(S(N)(=O)=O)s2)cnn1C. The fourth-order valence-electron chi connectivity index (χ4n) is 1.59. The molecule has 0 aromatic carbocycles. The molecular formula is C11H14N4O3S2. The second-order valence-corrected chi connectivity index (χ2v) is 7.17. The van der Waals surface area contributed by atoms with Gasteiger partial charge in [0.05, 0.1) is 18.3 Å². The topological polar surface area (TPSA) is 107 Å². The summed E-state index contributed by atoms with van der Waals surface area (Å²) in [5, 5.41) is 11.7. The van der Waals surface area contributed by atoms with E-state index in [1.165, 1.54) is 12.3 Å². The number of carbonyl (C=O) groups excluding carboxylic acids is 1. The van der Waals surface area contributed by atoms with Crippen LogP contribution in [0.15, 0.2) is 22.5 Å². The van der Waals surface area contributed by atoms with Crippen molar-refractivity contribution in [3.05, 3.63) is 34.5 Å². The highest BCUT2D eigenvalue weighted by atomic mass is 32.2.